The van der Waals surface area contributed by atoms with Crippen molar-refractivity contribution in [1.29, 1.82) is 5.26 Å². The van der Waals surface area contributed by atoms with Crippen LogP contribution in [0, 0.1) is 22.7 Å². The highest BCUT2D eigenvalue weighted by Gasteiger charge is 2.53. The summed E-state index contributed by atoms with van der Waals surface area (Å²) in [6.45, 7) is 6.24. The molecule has 1 aromatic heterocycles. The molecule has 0 radical (unpaired) electrons. The van der Waals surface area contributed by atoms with E-state index in [9.17, 15) is 14.4 Å². The Balaban J connectivity index is 1.65. The van der Waals surface area contributed by atoms with E-state index in [1.165, 1.54) is 11.3 Å². The van der Waals surface area contributed by atoms with Gasteiger partial charge >= 0.3 is 6.03 Å². The van der Waals surface area contributed by atoms with E-state index in [1.807, 2.05) is 6.07 Å². The lowest BCUT2D eigenvalue weighted by Crippen LogP contribution is -2.50. The zero-order valence-electron chi connectivity index (χ0n) is 15.8. The zero-order valence-corrected chi connectivity index (χ0v) is 16.6. The number of thiophene rings is 1. The average Bonchev–Trinajstić information content (AvgIpc) is 3.13. The van der Waals surface area contributed by atoms with Crippen LogP contribution in [0.15, 0.2) is 11.4 Å². The van der Waals surface area contributed by atoms with Gasteiger partial charge in [-0.3, -0.25) is 14.5 Å². The predicted octanol–water partition coefficient (Wildman–Crippen LogP) is 3.09. The number of amides is 4. The van der Waals surface area contributed by atoms with Crippen molar-refractivity contribution in [2.24, 2.45) is 11.3 Å². The minimum Gasteiger partial charge on any atom is -0.323 e. The molecule has 1 aliphatic carbocycles. The van der Waals surface area contributed by atoms with E-state index in [0.29, 0.717) is 29.3 Å². The molecular weight excluding hydrogens is 364 g/mol. The van der Waals surface area contributed by atoms with Crippen molar-refractivity contribution in [3.8, 4) is 6.07 Å². The molecule has 144 valence electrons. The molecule has 1 saturated heterocycles. The number of nitrogens with zero attached hydrogens (tertiary/aromatic N) is 2. The van der Waals surface area contributed by atoms with E-state index < -0.39 is 17.5 Å². The summed E-state index contributed by atoms with van der Waals surface area (Å²) in [6, 6.07) is 3.08. The Morgan fingerprint density at radius 1 is 1.41 bits per heavy atom. The van der Waals surface area contributed by atoms with Crippen LogP contribution in [-0.2, 0) is 9.59 Å². The van der Waals surface area contributed by atoms with E-state index in [4.69, 9.17) is 5.26 Å². The first-order valence-electron chi connectivity index (χ1n) is 9.08. The van der Waals surface area contributed by atoms with E-state index >= 15 is 0 Å². The van der Waals surface area contributed by atoms with Gasteiger partial charge in [0.15, 0.2) is 0 Å². The predicted molar refractivity (Wildman–Crippen MR) is 102 cm³/mol. The van der Waals surface area contributed by atoms with Crippen molar-refractivity contribution in [2.75, 3.05) is 11.9 Å². The summed E-state index contributed by atoms with van der Waals surface area (Å²) in [5, 5.41) is 16.6. The van der Waals surface area contributed by atoms with E-state index in [-0.39, 0.29) is 17.9 Å². The molecule has 0 bridgehead atoms. The number of nitriles is 1. The molecule has 4 amide bonds. The summed E-state index contributed by atoms with van der Waals surface area (Å²) < 4.78 is 0. The molecule has 3 rings (SSSR count). The number of hydrogen-bond acceptors (Lipinski definition) is 5. The Labute approximate surface area is 162 Å². The molecule has 0 aromatic carbocycles. The molecule has 2 heterocycles. The molecule has 7 nitrogen and oxygen atoms in total. The van der Waals surface area contributed by atoms with Gasteiger partial charge < -0.3 is 10.6 Å². The lowest BCUT2D eigenvalue weighted by molar-refractivity contribution is -0.135. The van der Waals surface area contributed by atoms with Gasteiger partial charge in [-0.1, -0.05) is 20.8 Å². The number of carbonyl (C=O) groups excluding carboxylic acids is 3. The summed E-state index contributed by atoms with van der Waals surface area (Å²) in [5.74, 6) is -0.298. The largest absolute Gasteiger partial charge is 0.325 e. The Kier molecular flexibility index (Phi) is 5.00. The third-order valence-electron chi connectivity index (χ3n) is 5.65. The normalized spacial score (nSPS) is 25.4. The molecule has 2 N–H and O–H groups in total. The van der Waals surface area contributed by atoms with Crippen LogP contribution in [0.25, 0.3) is 0 Å². The average molecular weight is 388 g/mol. The van der Waals surface area contributed by atoms with Crippen molar-refractivity contribution in [1.82, 2.24) is 10.2 Å². The minimum atomic E-state index is -0.875. The van der Waals surface area contributed by atoms with Gasteiger partial charge in [-0.05, 0) is 48.5 Å². The van der Waals surface area contributed by atoms with E-state index in [2.05, 4.69) is 31.4 Å². The van der Waals surface area contributed by atoms with Crippen LogP contribution in [-0.4, -0.2) is 34.8 Å². The summed E-state index contributed by atoms with van der Waals surface area (Å²) in [6.07, 6.45) is 2.94. The molecule has 0 atom stereocenters. The number of urea groups is 1. The number of imide groups is 1. The highest BCUT2D eigenvalue weighted by Crippen LogP contribution is 2.43. The molecule has 2 aliphatic rings. The lowest BCUT2D eigenvalue weighted by atomic mass is 9.67. The zero-order chi connectivity index (χ0) is 19.8. The minimum absolute atomic E-state index is 0.173. The SMILES string of the molecule is CC(C)(C)C1CCC2(CC1)NC(=O)N(CC(=O)Nc1sccc1C#N)C2=O. The van der Waals surface area contributed by atoms with E-state index in [1.54, 1.807) is 11.4 Å². The van der Waals surface area contributed by atoms with Gasteiger partial charge in [0.2, 0.25) is 5.91 Å². The highest BCUT2D eigenvalue weighted by molar-refractivity contribution is 7.14. The first-order chi connectivity index (χ1) is 12.7. The van der Waals surface area contributed by atoms with Crippen molar-refractivity contribution >= 4 is 34.2 Å². The summed E-state index contributed by atoms with van der Waals surface area (Å²) >= 11 is 1.23. The monoisotopic (exact) mass is 388 g/mol. The summed E-state index contributed by atoms with van der Waals surface area (Å²) in [7, 11) is 0. The fraction of sp³-hybridized carbons (Fsp3) is 0.579. The summed E-state index contributed by atoms with van der Waals surface area (Å²) in [5.41, 5.74) is -0.339. The van der Waals surface area contributed by atoms with Crippen molar-refractivity contribution < 1.29 is 14.4 Å². The van der Waals surface area contributed by atoms with Crippen molar-refractivity contribution in [3.63, 3.8) is 0 Å². The molecule has 27 heavy (non-hydrogen) atoms. The molecular formula is C19H24N4O3S. The van der Waals surface area contributed by atoms with Gasteiger partial charge in [-0.15, -0.1) is 11.3 Å². The van der Waals surface area contributed by atoms with E-state index in [0.717, 1.165) is 17.7 Å². The second-order valence-electron chi connectivity index (χ2n) is 8.37. The quantitative estimate of drug-likeness (QED) is 0.777. The smallest absolute Gasteiger partial charge is 0.323 e. The fourth-order valence-electron chi connectivity index (χ4n) is 3.94. The number of anilines is 1. The van der Waals surface area contributed by atoms with Crippen LogP contribution in [0.4, 0.5) is 9.80 Å². The summed E-state index contributed by atoms with van der Waals surface area (Å²) in [4.78, 5) is 38.6. The lowest BCUT2D eigenvalue weighted by Gasteiger charge is -2.40. The van der Waals surface area contributed by atoms with Gasteiger partial charge in [0.1, 0.15) is 23.2 Å². The third kappa shape index (κ3) is 3.69. The molecule has 1 aliphatic heterocycles. The molecule has 0 unspecified atom stereocenters. The Bertz CT molecular complexity index is 810. The number of rotatable bonds is 3. The van der Waals surface area contributed by atoms with Gasteiger partial charge in [-0.25, -0.2) is 4.79 Å². The van der Waals surface area contributed by atoms with Gasteiger partial charge in [0.25, 0.3) is 5.91 Å². The second-order valence-corrected chi connectivity index (χ2v) is 9.28. The fourth-order valence-corrected chi connectivity index (χ4v) is 4.69. The Morgan fingerprint density at radius 3 is 2.67 bits per heavy atom. The van der Waals surface area contributed by atoms with Gasteiger partial charge in [0, 0.05) is 0 Å². The highest BCUT2D eigenvalue weighted by atomic mass is 32.1. The first-order valence-corrected chi connectivity index (χ1v) is 9.96. The first kappa shape index (κ1) is 19.4. The topological polar surface area (TPSA) is 102 Å². The van der Waals surface area contributed by atoms with Crippen LogP contribution in [0.1, 0.15) is 52.0 Å². The van der Waals surface area contributed by atoms with Crippen LogP contribution in [0.3, 0.4) is 0 Å². The van der Waals surface area contributed by atoms with Crippen LogP contribution in [0.2, 0.25) is 0 Å². The maximum atomic E-state index is 12.9. The molecule has 1 saturated carbocycles. The van der Waals surface area contributed by atoms with Crippen LogP contribution >= 0.6 is 11.3 Å². The number of carbonyl (C=O) groups is 3. The van der Waals surface area contributed by atoms with Gasteiger partial charge in [0.05, 0.1) is 5.56 Å². The maximum absolute atomic E-state index is 12.9. The second kappa shape index (κ2) is 6.97. The maximum Gasteiger partial charge on any atom is 0.325 e. The standard InChI is InChI=1S/C19H24N4O3S/c1-18(2,3)13-4-7-19(8-5-13)16(25)23(17(26)22-19)11-14(24)21-15-12(10-20)6-9-27-15/h6,9,13H,4-5,7-8,11H2,1-3H3,(H,21,24)(H,22,26). The van der Waals surface area contributed by atoms with Crippen LogP contribution in [0.5, 0.6) is 0 Å². The third-order valence-corrected chi connectivity index (χ3v) is 6.48. The Morgan fingerprint density at radius 2 is 2.07 bits per heavy atom. The number of nitrogens with one attached hydrogen (secondary N) is 2. The molecule has 1 aromatic rings. The molecule has 8 heteroatoms. The number of hydrogen-bond donors (Lipinski definition) is 2. The molecule has 1 spiro atoms. The van der Waals surface area contributed by atoms with Crippen molar-refractivity contribution in [2.45, 2.75) is 52.0 Å². The molecule has 2 fully saturated rings. The Hall–Kier alpha value is -2.40. The van der Waals surface area contributed by atoms with Crippen LogP contribution < -0.4 is 10.6 Å². The van der Waals surface area contributed by atoms with Gasteiger partial charge in [-0.2, -0.15) is 5.26 Å². The van der Waals surface area contributed by atoms with Crippen molar-refractivity contribution in [3.05, 3.63) is 17.0 Å².